The molecule has 0 bridgehead atoms. The van der Waals surface area contributed by atoms with E-state index in [2.05, 4.69) is 121 Å². The third-order valence-electron chi connectivity index (χ3n) is 8.72. The topological polar surface area (TPSA) is 17.3 Å². The van der Waals surface area contributed by atoms with Gasteiger partial charge in [0.2, 0.25) is 0 Å². The van der Waals surface area contributed by atoms with E-state index in [4.69, 9.17) is 23.9 Å². The number of nitrogens with zero attached hydrogens (tertiary/aromatic N) is 2. The molecule has 1 aliphatic heterocycles. The van der Waals surface area contributed by atoms with Gasteiger partial charge in [-0.25, -0.2) is 0 Å². The van der Waals surface area contributed by atoms with Crippen molar-refractivity contribution < 1.29 is 17.0 Å². The Balaban J connectivity index is 0.000000726. The number of allylic oxidation sites excluding steroid dienone is 10. The first-order valence-corrected chi connectivity index (χ1v) is 19.9. The zero-order valence-electron chi connectivity index (χ0n) is 21.3. The molecule has 5 aliphatic rings. The van der Waals surface area contributed by atoms with Crippen LogP contribution < -0.4 is 0 Å². The summed E-state index contributed by atoms with van der Waals surface area (Å²) in [5.41, 5.74) is 2.09. The quantitative estimate of drug-likeness (QED) is 0.263. The van der Waals surface area contributed by atoms with Gasteiger partial charge in [-0.05, 0) is 40.7 Å². The molecule has 6 rings (SSSR count). The molecule has 2 fully saturated rings. The Hall–Kier alpha value is -0.909. The van der Waals surface area contributed by atoms with Crippen molar-refractivity contribution in [2.24, 2.45) is 23.7 Å². The van der Waals surface area contributed by atoms with Crippen LogP contribution in [-0.4, -0.2) is 31.6 Å². The molecule has 36 heavy (non-hydrogen) atoms. The average molecular weight is 571 g/mol. The summed E-state index contributed by atoms with van der Waals surface area (Å²) in [6, 6.07) is 11.7. The fourth-order valence-corrected chi connectivity index (χ4v) is 11.7. The minimum absolute atomic E-state index is 0. The maximum atomic E-state index is 5.30. The van der Waals surface area contributed by atoms with Gasteiger partial charge < -0.3 is 17.3 Å². The van der Waals surface area contributed by atoms with Gasteiger partial charge in [-0.1, -0.05) is 116 Å². The molecule has 190 valence electrons. The average Bonchev–Trinajstić information content (AvgIpc) is 3.39. The van der Waals surface area contributed by atoms with Gasteiger partial charge in [0.1, 0.15) is 8.24 Å². The van der Waals surface area contributed by atoms with Crippen LogP contribution >= 0.6 is 18.6 Å². The van der Waals surface area contributed by atoms with Crippen molar-refractivity contribution >= 4 is 26.8 Å². The van der Waals surface area contributed by atoms with E-state index in [9.17, 15) is 0 Å². The molecule has 1 heterocycles. The second-order valence-corrected chi connectivity index (χ2v) is 17.7. The Morgan fingerprint density at radius 1 is 0.778 bits per heavy atom. The molecular weight excluding hydrogens is 535 g/mol. The van der Waals surface area contributed by atoms with Crippen molar-refractivity contribution in [3.05, 3.63) is 122 Å². The van der Waals surface area contributed by atoms with Crippen molar-refractivity contribution in [3.8, 4) is 0 Å². The van der Waals surface area contributed by atoms with E-state index in [0.29, 0.717) is 47.2 Å². The van der Waals surface area contributed by atoms with E-state index in [1.807, 2.05) is 0 Å². The van der Waals surface area contributed by atoms with Crippen molar-refractivity contribution in [2.45, 2.75) is 36.6 Å². The van der Waals surface area contributed by atoms with E-state index in [1.54, 1.807) is 0 Å². The van der Waals surface area contributed by atoms with Gasteiger partial charge in [-0.3, -0.25) is 0 Å². The van der Waals surface area contributed by atoms with E-state index in [-0.39, 0.29) is 7.43 Å². The summed E-state index contributed by atoms with van der Waals surface area (Å²) < 4.78 is 2.85. The van der Waals surface area contributed by atoms with E-state index < -0.39 is 25.3 Å². The summed E-state index contributed by atoms with van der Waals surface area (Å²) in [7, 11) is 7.95. The number of fused-ring (bicyclic) bond motifs is 4. The first-order valence-electron chi connectivity index (χ1n) is 12.6. The molecule has 1 saturated carbocycles. The molecule has 0 aromatic heterocycles. The van der Waals surface area contributed by atoms with E-state index >= 15 is 0 Å². The van der Waals surface area contributed by atoms with Crippen LogP contribution in [0.15, 0.2) is 103 Å². The standard InChI is InChI=1S/C29H33N2Si.CH3.2ClH.Ti/c1-32(2,29-25-17-8-6-15-23(25)24-16-7-9-18-26(24)29)31-20-30-28-22(14-10-11-19-27(28)31)21-12-4-3-5-13-21;;;;/h3-19,22-29H,20H2,1-2H3;1H3;2*1H;/q2*-1;;;+2/p-2/t22?,23?,24?,25?,26?,27-,28?,29?;;;;/m1..../s1. The molecule has 0 amide bonds. The molecule has 6 heteroatoms. The summed E-state index contributed by atoms with van der Waals surface area (Å²) in [5, 5.41) is 5.30. The molecule has 0 radical (unpaired) electrons. The molecule has 1 saturated heterocycles. The van der Waals surface area contributed by atoms with Gasteiger partial charge in [0.25, 0.3) is 0 Å². The summed E-state index contributed by atoms with van der Waals surface area (Å²) in [6.07, 6.45) is 28.4. The minimum atomic E-state index is -1.82. The van der Waals surface area contributed by atoms with Gasteiger partial charge in [0.05, 0.1) is 0 Å². The molecule has 4 aliphatic carbocycles. The first kappa shape index (κ1) is 28.1. The summed E-state index contributed by atoms with van der Waals surface area (Å²) in [5.74, 6) is 2.91. The Morgan fingerprint density at radius 3 is 1.86 bits per heavy atom. The molecule has 6 unspecified atom stereocenters. The normalized spacial score (nSPS) is 35.7. The van der Waals surface area contributed by atoms with Crippen LogP contribution in [0.3, 0.4) is 0 Å². The van der Waals surface area contributed by atoms with Crippen LogP contribution in [-0.2, 0) is 17.0 Å². The summed E-state index contributed by atoms with van der Waals surface area (Å²) in [4.78, 5) is 0. The molecule has 2 nitrogen and oxygen atoms in total. The molecule has 1 aromatic rings. The first-order chi connectivity index (χ1) is 17.1. The SMILES string of the molecule is C[Si](C)(C1C2C=CC=CC2C2C=CC=CC21)N1C[N-]C2C(c3ccccc3)C=CC=C[C@H]21.[CH3-].[Cl][Ti][Cl]. The van der Waals surface area contributed by atoms with Crippen molar-refractivity contribution in [1.82, 2.24) is 4.57 Å². The van der Waals surface area contributed by atoms with Crippen molar-refractivity contribution in [1.29, 1.82) is 0 Å². The van der Waals surface area contributed by atoms with Crippen LogP contribution in [0.4, 0.5) is 0 Å². The molecule has 0 spiro atoms. The Morgan fingerprint density at radius 2 is 1.28 bits per heavy atom. The third kappa shape index (κ3) is 5.18. The number of hydrogen-bond donors (Lipinski definition) is 0. The number of rotatable bonds is 3. The Bertz CT molecular complexity index is 1030. The molecular formula is C30H36Cl2N2SiTi-2. The maximum absolute atomic E-state index is 5.30. The summed E-state index contributed by atoms with van der Waals surface area (Å²) in [6.45, 7) is 6.12. The zero-order valence-corrected chi connectivity index (χ0v) is 25.4. The number of benzene rings is 1. The monoisotopic (exact) mass is 570 g/mol. The molecule has 0 N–H and O–H groups in total. The van der Waals surface area contributed by atoms with Gasteiger partial charge in [-0.2, -0.15) is 0 Å². The Labute approximate surface area is 235 Å². The predicted molar refractivity (Wildman–Crippen MR) is 155 cm³/mol. The third-order valence-corrected chi connectivity index (χ3v) is 13.0. The van der Waals surface area contributed by atoms with E-state index in [1.165, 1.54) is 5.56 Å². The fraction of sp³-hybridized carbons (Fsp3) is 0.367. The zero-order chi connectivity index (χ0) is 24.4. The second kappa shape index (κ2) is 12.3. The molecule has 1 aromatic carbocycles. The van der Waals surface area contributed by atoms with Crippen molar-refractivity contribution in [2.75, 3.05) is 6.67 Å². The van der Waals surface area contributed by atoms with E-state index in [0.717, 1.165) is 6.67 Å². The van der Waals surface area contributed by atoms with Crippen molar-refractivity contribution in [3.63, 3.8) is 0 Å². The Kier molecular flexibility index (Phi) is 9.60. The fourth-order valence-electron chi connectivity index (χ4n) is 7.30. The number of halogens is 2. The summed E-state index contributed by atoms with van der Waals surface area (Å²) >= 11 is -0.556. The van der Waals surface area contributed by atoms with Gasteiger partial charge in [0, 0.05) is 6.04 Å². The van der Waals surface area contributed by atoms with Crippen LogP contribution in [0.2, 0.25) is 18.6 Å². The van der Waals surface area contributed by atoms with Gasteiger partial charge in [0.15, 0.2) is 0 Å². The molecule has 7 atom stereocenters. The predicted octanol–water partition coefficient (Wildman–Crippen LogP) is 8.41. The van der Waals surface area contributed by atoms with Gasteiger partial charge >= 0.3 is 35.6 Å². The van der Waals surface area contributed by atoms with Crippen LogP contribution in [0.25, 0.3) is 5.32 Å². The van der Waals surface area contributed by atoms with Crippen LogP contribution in [0.1, 0.15) is 11.5 Å². The number of hydrogen-bond acceptors (Lipinski definition) is 1. The van der Waals surface area contributed by atoms with Gasteiger partial charge in [-0.15, -0.1) is 12.7 Å². The van der Waals surface area contributed by atoms with Crippen LogP contribution in [0.5, 0.6) is 0 Å². The van der Waals surface area contributed by atoms with Crippen LogP contribution in [0, 0.1) is 31.1 Å². The second-order valence-electron chi connectivity index (χ2n) is 10.6.